The smallest absolute Gasteiger partial charge is 0.168 e. The molecule has 0 amide bonds. The summed E-state index contributed by atoms with van der Waals surface area (Å²) in [6.07, 6.45) is 22.2. The predicted molar refractivity (Wildman–Crippen MR) is 118 cm³/mol. The maximum absolute atomic E-state index is 2.26. The third kappa shape index (κ3) is 15.4. The minimum Gasteiger partial charge on any atom is -0.205 e. The van der Waals surface area contributed by atoms with Gasteiger partial charge in [0.25, 0.3) is 0 Å². The Kier molecular flexibility index (Phi) is 18.3. The van der Waals surface area contributed by atoms with Crippen LogP contribution in [-0.2, 0) is 13.1 Å². The molecule has 0 aliphatic carbocycles. The number of rotatable bonds is 12. The average Bonchev–Trinajstić information content (AvgIpc) is 2.70. The molecule has 3 heteroatoms. The topological polar surface area (TPSA) is 7.76 Å². The minimum absolute atomic E-state index is 0. The zero-order valence-electron chi connectivity index (χ0n) is 17.6. The van der Waals surface area contributed by atoms with Crippen molar-refractivity contribution in [1.82, 2.24) is 0 Å². The van der Waals surface area contributed by atoms with E-state index in [-0.39, 0.29) is 12.4 Å². The Hall–Kier alpha value is -1.41. The quantitative estimate of drug-likeness (QED) is 0.295. The summed E-state index contributed by atoms with van der Waals surface area (Å²) < 4.78 is 4.51. The Labute approximate surface area is 174 Å². The number of pyridine rings is 2. The molecule has 0 saturated heterocycles. The Morgan fingerprint density at radius 3 is 1.19 bits per heavy atom. The second kappa shape index (κ2) is 19.4. The van der Waals surface area contributed by atoms with E-state index in [1.807, 2.05) is 0 Å². The number of unbranched alkanes of at least 4 members (excludes halogenated alkanes) is 8. The van der Waals surface area contributed by atoms with Crippen molar-refractivity contribution >= 4 is 12.4 Å². The lowest BCUT2D eigenvalue weighted by Gasteiger charge is -1.98. The van der Waals surface area contributed by atoms with Crippen LogP contribution in [0.15, 0.2) is 61.2 Å². The van der Waals surface area contributed by atoms with Gasteiger partial charge in [0.05, 0.1) is 0 Å². The molecular formula is C24H41ClN2+2. The van der Waals surface area contributed by atoms with Crippen LogP contribution in [0.2, 0.25) is 0 Å². The molecule has 0 N–H and O–H groups in total. The monoisotopic (exact) mass is 392 g/mol. The van der Waals surface area contributed by atoms with Crippen LogP contribution in [0.5, 0.6) is 0 Å². The van der Waals surface area contributed by atoms with Crippen LogP contribution < -0.4 is 9.13 Å². The van der Waals surface area contributed by atoms with Gasteiger partial charge in [0.1, 0.15) is 13.1 Å². The Morgan fingerprint density at radius 2 is 0.778 bits per heavy atom. The van der Waals surface area contributed by atoms with Gasteiger partial charge >= 0.3 is 0 Å². The third-order valence-electron chi connectivity index (χ3n) is 4.59. The third-order valence-corrected chi connectivity index (χ3v) is 4.59. The van der Waals surface area contributed by atoms with Gasteiger partial charge in [-0.25, -0.2) is 9.13 Å². The summed E-state index contributed by atoms with van der Waals surface area (Å²) in [6, 6.07) is 12.5. The van der Waals surface area contributed by atoms with Crippen molar-refractivity contribution < 1.29 is 9.13 Å². The van der Waals surface area contributed by atoms with E-state index in [1.54, 1.807) is 0 Å². The summed E-state index contributed by atoms with van der Waals surface area (Å²) in [5.41, 5.74) is 0. The second-order valence-electron chi connectivity index (χ2n) is 7.06. The number of nitrogens with zero attached hydrogens (tertiary/aromatic N) is 2. The molecule has 0 fully saturated rings. The Bertz CT molecular complexity index is 516. The van der Waals surface area contributed by atoms with Crippen LogP contribution in [0.25, 0.3) is 0 Å². The van der Waals surface area contributed by atoms with Crippen molar-refractivity contribution in [3.63, 3.8) is 0 Å². The number of hydrogen-bond acceptors (Lipinski definition) is 0. The van der Waals surface area contributed by atoms with Gasteiger partial charge < -0.3 is 0 Å². The highest BCUT2D eigenvalue weighted by Crippen LogP contribution is 2.04. The van der Waals surface area contributed by atoms with E-state index in [0.29, 0.717) is 0 Å². The molecule has 2 aromatic rings. The Morgan fingerprint density at radius 1 is 0.444 bits per heavy atom. The van der Waals surface area contributed by atoms with E-state index in [9.17, 15) is 0 Å². The first-order valence-corrected chi connectivity index (χ1v) is 10.7. The molecule has 0 unspecified atom stereocenters. The van der Waals surface area contributed by atoms with E-state index in [1.165, 1.54) is 77.3 Å². The zero-order valence-corrected chi connectivity index (χ0v) is 18.4. The summed E-state index contributed by atoms with van der Waals surface area (Å²) >= 11 is 0. The molecule has 0 aliphatic heterocycles. The van der Waals surface area contributed by atoms with Crippen molar-refractivity contribution in [3.8, 4) is 0 Å². The summed E-state index contributed by atoms with van der Waals surface area (Å²) in [7, 11) is 0. The molecule has 0 spiro atoms. The Balaban J connectivity index is 0.000000488. The molecule has 0 aromatic carbocycles. The van der Waals surface area contributed by atoms with Gasteiger partial charge in [-0.2, -0.15) is 0 Å². The van der Waals surface area contributed by atoms with Gasteiger partial charge in [0, 0.05) is 37.1 Å². The number of hydrogen-bond donors (Lipinski definition) is 0. The van der Waals surface area contributed by atoms with Gasteiger partial charge in [-0.3, -0.25) is 0 Å². The standard InChI is InChI=1S/C13H22N.C11H18N.ClH/c1-2-3-4-5-6-8-11-14-12-9-7-10-13-14;1-2-3-4-6-9-12-10-7-5-8-11-12;/h7,9-10,12-13H,2-6,8,11H2,1H3;5,7-8,10-11H,2-4,6,9H2,1H3;1H/q2*+1;. The molecule has 2 aromatic heterocycles. The fourth-order valence-electron chi connectivity index (χ4n) is 2.96. The van der Waals surface area contributed by atoms with Crippen LogP contribution in [0.4, 0.5) is 0 Å². The maximum Gasteiger partial charge on any atom is 0.168 e. The van der Waals surface area contributed by atoms with Crippen molar-refractivity contribution in [1.29, 1.82) is 0 Å². The number of halogens is 1. The number of aryl methyl sites for hydroxylation is 2. The predicted octanol–water partition coefficient (Wildman–Crippen LogP) is 6.31. The highest BCUT2D eigenvalue weighted by molar-refractivity contribution is 5.85. The van der Waals surface area contributed by atoms with Crippen LogP contribution in [0, 0.1) is 0 Å². The van der Waals surface area contributed by atoms with Crippen LogP contribution in [0.3, 0.4) is 0 Å². The van der Waals surface area contributed by atoms with Crippen molar-refractivity contribution in [2.75, 3.05) is 0 Å². The average molecular weight is 393 g/mol. The zero-order chi connectivity index (χ0) is 18.7. The van der Waals surface area contributed by atoms with E-state index in [0.717, 1.165) is 0 Å². The highest BCUT2D eigenvalue weighted by Gasteiger charge is 1.97. The SMILES string of the molecule is CCCCCCCC[n+]1ccccc1.CCCCCC[n+]1ccccc1.Cl. The maximum atomic E-state index is 2.26. The lowest BCUT2D eigenvalue weighted by molar-refractivity contribution is -0.697. The molecule has 0 atom stereocenters. The molecule has 2 nitrogen and oxygen atoms in total. The molecular weight excluding hydrogens is 352 g/mol. The molecule has 0 aliphatic rings. The van der Waals surface area contributed by atoms with Crippen molar-refractivity contribution in [3.05, 3.63) is 61.2 Å². The van der Waals surface area contributed by atoms with Crippen LogP contribution in [-0.4, -0.2) is 0 Å². The fraction of sp³-hybridized carbons (Fsp3) is 0.583. The molecule has 0 radical (unpaired) electrons. The molecule has 0 bridgehead atoms. The van der Waals surface area contributed by atoms with E-state index < -0.39 is 0 Å². The first kappa shape index (κ1) is 25.6. The van der Waals surface area contributed by atoms with Crippen LogP contribution >= 0.6 is 12.4 Å². The summed E-state index contributed by atoms with van der Waals surface area (Å²) in [6.45, 7) is 6.85. The molecule has 0 saturated carbocycles. The van der Waals surface area contributed by atoms with E-state index >= 15 is 0 Å². The number of aromatic nitrogens is 2. The second-order valence-corrected chi connectivity index (χ2v) is 7.06. The lowest BCUT2D eigenvalue weighted by atomic mass is 10.1. The summed E-state index contributed by atoms with van der Waals surface area (Å²) in [4.78, 5) is 0. The van der Waals surface area contributed by atoms with Gasteiger partial charge in [-0.1, -0.05) is 64.5 Å². The van der Waals surface area contributed by atoms with Gasteiger partial charge in [0.2, 0.25) is 0 Å². The summed E-state index contributed by atoms with van der Waals surface area (Å²) in [5.74, 6) is 0. The lowest BCUT2D eigenvalue weighted by Crippen LogP contribution is -2.32. The molecule has 152 valence electrons. The van der Waals surface area contributed by atoms with Gasteiger partial charge in [-0.05, 0) is 12.8 Å². The van der Waals surface area contributed by atoms with Crippen LogP contribution in [0.1, 0.15) is 78.1 Å². The van der Waals surface area contributed by atoms with E-state index in [4.69, 9.17) is 0 Å². The first-order valence-electron chi connectivity index (χ1n) is 10.7. The molecule has 27 heavy (non-hydrogen) atoms. The fourth-order valence-corrected chi connectivity index (χ4v) is 2.96. The van der Waals surface area contributed by atoms with Crippen molar-refractivity contribution in [2.24, 2.45) is 0 Å². The first-order chi connectivity index (χ1) is 12.9. The largest absolute Gasteiger partial charge is 0.205 e. The summed E-state index contributed by atoms with van der Waals surface area (Å²) in [5, 5.41) is 0. The van der Waals surface area contributed by atoms with Gasteiger partial charge in [0.15, 0.2) is 24.8 Å². The van der Waals surface area contributed by atoms with E-state index in [2.05, 4.69) is 84.2 Å². The molecule has 2 rings (SSSR count). The van der Waals surface area contributed by atoms with Gasteiger partial charge in [-0.15, -0.1) is 12.4 Å². The minimum atomic E-state index is 0. The highest BCUT2D eigenvalue weighted by atomic mass is 35.5. The molecule has 2 heterocycles. The normalized spacial score (nSPS) is 9.85. The van der Waals surface area contributed by atoms with Crippen molar-refractivity contribution in [2.45, 2.75) is 91.1 Å².